The van der Waals surface area contributed by atoms with Crippen molar-refractivity contribution in [3.05, 3.63) is 48.0 Å². The fourth-order valence-corrected chi connectivity index (χ4v) is 2.04. The van der Waals surface area contributed by atoms with Crippen molar-refractivity contribution < 1.29 is 19.0 Å². The van der Waals surface area contributed by atoms with Gasteiger partial charge in [0, 0.05) is 12.6 Å². The summed E-state index contributed by atoms with van der Waals surface area (Å²) < 4.78 is 15.5. The summed E-state index contributed by atoms with van der Waals surface area (Å²) in [5.74, 6) is 1.94. The molecule has 0 unspecified atom stereocenters. The third-order valence-corrected chi connectivity index (χ3v) is 3.24. The van der Waals surface area contributed by atoms with Gasteiger partial charge in [0.1, 0.15) is 17.2 Å². The van der Waals surface area contributed by atoms with Crippen molar-refractivity contribution >= 4 is 11.7 Å². The van der Waals surface area contributed by atoms with Crippen molar-refractivity contribution in [3.8, 4) is 17.2 Å². The minimum absolute atomic E-state index is 0.334. The lowest BCUT2D eigenvalue weighted by atomic mass is 10.2. The Bertz CT molecular complexity index is 673. The second kappa shape index (κ2) is 7.93. The van der Waals surface area contributed by atoms with E-state index in [2.05, 4.69) is 10.6 Å². The van der Waals surface area contributed by atoms with Crippen LogP contribution in [0.3, 0.4) is 0 Å². The highest BCUT2D eigenvalue weighted by Crippen LogP contribution is 2.28. The minimum Gasteiger partial charge on any atom is -0.497 e. The van der Waals surface area contributed by atoms with Crippen molar-refractivity contribution in [3.63, 3.8) is 0 Å². The van der Waals surface area contributed by atoms with Gasteiger partial charge in [-0.2, -0.15) is 0 Å². The Balaban J connectivity index is 1.99. The highest BCUT2D eigenvalue weighted by Gasteiger charge is 2.09. The number of nitrogens with one attached hydrogen (secondary N) is 2. The van der Waals surface area contributed by atoms with Crippen LogP contribution in [0, 0.1) is 0 Å². The van der Waals surface area contributed by atoms with Crippen LogP contribution in [-0.2, 0) is 6.54 Å². The van der Waals surface area contributed by atoms with Crippen LogP contribution < -0.4 is 24.8 Å². The van der Waals surface area contributed by atoms with Crippen LogP contribution >= 0.6 is 0 Å². The number of hydrogen-bond acceptors (Lipinski definition) is 4. The van der Waals surface area contributed by atoms with Crippen molar-refractivity contribution in [2.75, 3.05) is 26.6 Å². The van der Waals surface area contributed by atoms with E-state index >= 15 is 0 Å². The number of amides is 2. The summed E-state index contributed by atoms with van der Waals surface area (Å²) in [6.45, 7) is 0.384. The van der Waals surface area contributed by atoms with Crippen LogP contribution in [0.4, 0.5) is 10.5 Å². The lowest BCUT2D eigenvalue weighted by molar-refractivity contribution is 0.251. The van der Waals surface area contributed by atoms with Gasteiger partial charge < -0.3 is 24.8 Å². The molecule has 0 aliphatic carbocycles. The maximum Gasteiger partial charge on any atom is 0.319 e. The van der Waals surface area contributed by atoms with E-state index < -0.39 is 0 Å². The minimum atomic E-state index is -0.334. The molecule has 2 aromatic carbocycles. The SMILES string of the molecule is COc1cccc(CNC(=O)Nc2cc(OC)ccc2OC)c1. The highest BCUT2D eigenvalue weighted by atomic mass is 16.5. The van der Waals surface area contributed by atoms with Gasteiger partial charge >= 0.3 is 6.03 Å². The van der Waals surface area contributed by atoms with Crippen LogP contribution in [0.5, 0.6) is 17.2 Å². The summed E-state index contributed by atoms with van der Waals surface area (Å²) in [7, 11) is 4.71. The van der Waals surface area contributed by atoms with Gasteiger partial charge in [0.05, 0.1) is 27.0 Å². The zero-order valence-electron chi connectivity index (χ0n) is 13.4. The molecule has 0 saturated carbocycles. The summed E-state index contributed by atoms with van der Waals surface area (Å²) in [6, 6.07) is 12.4. The molecule has 2 amide bonds. The predicted octanol–water partition coefficient (Wildman–Crippen LogP) is 3.03. The van der Waals surface area contributed by atoms with E-state index in [4.69, 9.17) is 14.2 Å². The Morgan fingerprint density at radius 3 is 2.39 bits per heavy atom. The Hall–Kier alpha value is -2.89. The number of anilines is 1. The molecule has 2 aromatic rings. The molecule has 0 atom stereocenters. The van der Waals surface area contributed by atoms with E-state index in [0.29, 0.717) is 23.7 Å². The van der Waals surface area contributed by atoms with Crippen LogP contribution in [-0.4, -0.2) is 27.4 Å². The lowest BCUT2D eigenvalue weighted by Gasteiger charge is -2.12. The van der Waals surface area contributed by atoms with Gasteiger partial charge in [0.15, 0.2) is 0 Å². The number of ether oxygens (including phenoxy) is 3. The monoisotopic (exact) mass is 316 g/mol. The Morgan fingerprint density at radius 2 is 1.70 bits per heavy atom. The van der Waals surface area contributed by atoms with Crippen molar-refractivity contribution in [1.82, 2.24) is 5.32 Å². The molecule has 0 aliphatic heterocycles. The summed E-state index contributed by atoms with van der Waals surface area (Å²) in [4.78, 5) is 12.1. The molecule has 2 rings (SSSR count). The van der Waals surface area contributed by atoms with Crippen molar-refractivity contribution in [2.24, 2.45) is 0 Å². The molecule has 0 saturated heterocycles. The topological polar surface area (TPSA) is 68.8 Å². The molecule has 0 bridgehead atoms. The maximum absolute atomic E-state index is 12.1. The number of carbonyl (C=O) groups excluding carboxylic acids is 1. The number of rotatable bonds is 6. The number of carbonyl (C=O) groups is 1. The first kappa shape index (κ1) is 16.5. The Kier molecular flexibility index (Phi) is 5.68. The molecule has 2 N–H and O–H groups in total. The van der Waals surface area contributed by atoms with Gasteiger partial charge in [-0.05, 0) is 29.8 Å². The molecule has 6 nitrogen and oxygen atoms in total. The smallest absolute Gasteiger partial charge is 0.319 e. The second-order valence-electron chi connectivity index (χ2n) is 4.73. The molecule has 0 spiro atoms. The van der Waals surface area contributed by atoms with Gasteiger partial charge in [-0.25, -0.2) is 4.79 Å². The maximum atomic E-state index is 12.1. The third-order valence-electron chi connectivity index (χ3n) is 3.24. The molecular formula is C17H20N2O4. The zero-order chi connectivity index (χ0) is 16.7. The summed E-state index contributed by atoms with van der Waals surface area (Å²) >= 11 is 0. The van der Waals surface area contributed by atoms with Crippen LogP contribution in [0.2, 0.25) is 0 Å². The van der Waals surface area contributed by atoms with Crippen molar-refractivity contribution in [2.45, 2.75) is 6.54 Å². The van der Waals surface area contributed by atoms with Gasteiger partial charge in [-0.3, -0.25) is 0 Å². The molecular weight excluding hydrogens is 296 g/mol. The molecule has 0 radical (unpaired) electrons. The first-order valence-corrected chi connectivity index (χ1v) is 7.06. The fourth-order valence-electron chi connectivity index (χ4n) is 2.04. The molecule has 6 heteroatoms. The van der Waals surface area contributed by atoms with Gasteiger partial charge in [0.2, 0.25) is 0 Å². The van der Waals surface area contributed by atoms with E-state index in [1.807, 2.05) is 24.3 Å². The van der Waals surface area contributed by atoms with E-state index in [0.717, 1.165) is 11.3 Å². The highest BCUT2D eigenvalue weighted by molar-refractivity contribution is 5.91. The van der Waals surface area contributed by atoms with Crippen molar-refractivity contribution in [1.29, 1.82) is 0 Å². The molecule has 23 heavy (non-hydrogen) atoms. The van der Waals surface area contributed by atoms with E-state index in [-0.39, 0.29) is 6.03 Å². The molecule has 0 aromatic heterocycles. The first-order chi connectivity index (χ1) is 11.2. The summed E-state index contributed by atoms with van der Waals surface area (Å²) in [5, 5.41) is 5.53. The fraction of sp³-hybridized carbons (Fsp3) is 0.235. The normalized spacial score (nSPS) is 9.87. The second-order valence-corrected chi connectivity index (χ2v) is 4.73. The first-order valence-electron chi connectivity index (χ1n) is 7.06. The number of hydrogen-bond donors (Lipinski definition) is 2. The Labute approximate surface area is 135 Å². The Morgan fingerprint density at radius 1 is 0.957 bits per heavy atom. The number of urea groups is 1. The van der Waals surface area contributed by atoms with Crippen LogP contribution in [0.1, 0.15) is 5.56 Å². The standard InChI is InChI=1S/C17H20N2O4/c1-21-13-6-4-5-12(9-13)11-18-17(20)19-15-10-14(22-2)7-8-16(15)23-3/h4-10H,11H2,1-3H3,(H2,18,19,20). The zero-order valence-corrected chi connectivity index (χ0v) is 13.4. The summed E-state index contributed by atoms with van der Waals surface area (Å²) in [5.41, 5.74) is 1.48. The van der Waals surface area contributed by atoms with E-state index in [9.17, 15) is 4.79 Å². The van der Waals surface area contributed by atoms with Gasteiger partial charge in [-0.1, -0.05) is 12.1 Å². The number of benzene rings is 2. The molecule has 122 valence electrons. The molecule has 0 aliphatic rings. The van der Waals surface area contributed by atoms with E-state index in [1.165, 1.54) is 0 Å². The third kappa shape index (κ3) is 4.54. The predicted molar refractivity (Wildman–Crippen MR) is 88.4 cm³/mol. The van der Waals surface area contributed by atoms with E-state index in [1.54, 1.807) is 39.5 Å². The van der Waals surface area contributed by atoms with Gasteiger partial charge in [0.25, 0.3) is 0 Å². The van der Waals surface area contributed by atoms with Gasteiger partial charge in [-0.15, -0.1) is 0 Å². The van der Waals surface area contributed by atoms with Crippen LogP contribution in [0.25, 0.3) is 0 Å². The molecule has 0 heterocycles. The summed E-state index contributed by atoms with van der Waals surface area (Å²) in [6.07, 6.45) is 0. The van der Waals surface area contributed by atoms with Crippen LogP contribution in [0.15, 0.2) is 42.5 Å². The average Bonchev–Trinajstić information content (AvgIpc) is 2.60. The molecule has 0 fully saturated rings. The largest absolute Gasteiger partial charge is 0.497 e. The quantitative estimate of drug-likeness (QED) is 0.859. The lowest BCUT2D eigenvalue weighted by Crippen LogP contribution is -2.28. The average molecular weight is 316 g/mol. The number of methoxy groups -OCH3 is 3.